The number of likely N-dealkylation sites (tertiary alicyclic amines) is 1. The van der Waals surface area contributed by atoms with Crippen molar-refractivity contribution < 1.29 is 92.3 Å². The van der Waals surface area contributed by atoms with Gasteiger partial charge in [0.15, 0.2) is 0 Å². The number of aliphatic hydroxyl groups excluding tert-OH is 3. The molecule has 3 fully saturated rings. The van der Waals surface area contributed by atoms with Gasteiger partial charge in [-0.1, -0.05) is 54.6 Å². The van der Waals surface area contributed by atoms with Crippen LogP contribution in [0.25, 0.3) is 10.8 Å². The molecule has 0 spiro atoms. The summed E-state index contributed by atoms with van der Waals surface area (Å²) in [7, 11) is 0. The van der Waals surface area contributed by atoms with Gasteiger partial charge in [0.2, 0.25) is 82.7 Å². The molecule has 4 aliphatic rings. The number of imide groups is 1. The number of carbonyl (C=O) groups is 15. The van der Waals surface area contributed by atoms with Crippen LogP contribution in [0.4, 0.5) is 0 Å². The van der Waals surface area contributed by atoms with Crippen LogP contribution in [0.1, 0.15) is 101 Å². The number of aromatic amines is 1. The fourth-order valence-corrected chi connectivity index (χ4v) is 14.2. The van der Waals surface area contributed by atoms with Gasteiger partial charge in [-0.05, 0) is 57.4 Å². The Hall–Kier alpha value is -10.3. The highest BCUT2D eigenvalue weighted by atomic mass is 32.2. The number of nitrogens with one attached hydrogen (secondary N) is 10. The number of thioether (sulfide) groups is 1. The van der Waals surface area contributed by atoms with Crippen molar-refractivity contribution in [3.8, 4) is 0 Å². The lowest BCUT2D eigenvalue weighted by Crippen LogP contribution is -2.62. The number of nitrogens with two attached hydrogens (primary N) is 1. The van der Waals surface area contributed by atoms with Gasteiger partial charge >= 0.3 is 5.97 Å². The zero-order chi connectivity index (χ0) is 74.1. The number of aliphatic carboxylic acids is 1. The summed E-state index contributed by atoms with van der Waals surface area (Å²) >= 11 is 1.01. The first-order valence-corrected chi connectivity index (χ1v) is 34.4. The molecule has 35 nitrogen and oxygen atoms in total. The second-order valence-corrected chi connectivity index (χ2v) is 26.4. The fourth-order valence-electron chi connectivity index (χ4n) is 12.9. The summed E-state index contributed by atoms with van der Waals surface area (Å²) in [5.41, 5.74) is 7.10. The molecule has 2 aromatic carbocycles. The van der Waals surface area contributed by atoms with Crippen LogP contribution in [-0.2, 0) is 91.3 Å². The Bertz CT molecular complexity index is 3800. The van der Waals surface area contributed by atoms with Gasteiger partial charge in [0.05, 0.1) is 43.0 Å². The molecule has 4 aliphatic heterocycles. The molecule has 550 valence electrons. The first kappa shape index (κ1) is 77.4. The van der Waals surface area contributed by atoms with Gasteiger partial charge in [-0.3, -0.25) is 76.8 Å². The number of nitrogens with zero attached hydrogens (tertiary/aromatic N) is 5. The summed E-state index contributed by atoms with van der Waals surface area (Å²) < 4.78 is 1.76. The van der Waals surface area contributed by atoms with Gasteiger partial charge in [-0.15, -0.1) is 11.8 Å². The number of benzene rings is 2. The molecule has 8 rings (SSSR count). The van der Waals surface area contributed by atoms with E-state index in [0.29, 0.717) is 27.1 Å². The maximum Gasteiger partial charge on any atom is 0.305 e. The average Bonchev–Trinajstić information content (AvgIpc) is 1.59. The number of rotatable bonds is 15. The first-order valence-electron chi connectivity index (χ1n) is 33.4. The van der Waals surface area contributed by atoms with Crippen molar-refractivity contribution in [3.63, 3.8) is 0 Å². The highest BCUT2D eigenvalue weighted by Gasteiger charge is 2.46. The van der Waals surface area contributed by atoms with Crippen LogP contribution in [0.5, 0.6) is 0 Å². The molecule has 16 N–H and O–H groups in total. The van der Waals surface area contributed by atoms with E-state index in [1.165, 1.54) is 26.4 Å². The van der Waals surface area contributed by atoms with Crippen LogP contribution in [0, 0.1) is 0 Å². The predicted octanol–water partition coefficient (Wildman–Crippen LogP) is -4.69. The Morgan fingerprint density at radius 2 is 1.22 bits per heavy atom. The molecule has 0 saturated carbocycles. The van der Waals surface area contributed by atoms with E-state index >= 15 is 0 Å². The van der Waals surface area contributed by atoms with E-state index in [4.69, 9.17) is 5.73 Å². The van der Waals surface area contributed by atoms with Crippen LogP contribution in [0.3, 0.4) is 0 Å². The maximum absolute atomic E-state index is 14.6. The number of carboxylic acid groups (broad SMARTS) is 1. The monoisotopic (exact) mass is 1440 g/mol. The second-order valence-electron chi connectivity index (χ2n) is 25.4. The average molecular weight is 1440 g/mol. The maximum atomic E-state index is 14.6. The van der Waals surface area contributed by atoms with Crippen molar-refractivity contribution in [3.05, 3.63) is 84.1 Å². The zero-order valence-corrected chi connectivity index (χ0v) is 57.2. The summed E-state index contributed by atoms with van der Waals surface area (Å²) in [5.74, 6) is -15.5. The molecule has 102 heavy (non-hydrogen) atoms. The molecule has 0 aliphatic carbocycles. The van der Waals surface area contributed by atoms with Crippen LogP contribution < -0.4 is 53.6 Å². The molecule has 4 aromatic rings. The summed E-state index contributed by atoms with van der Waals surface area (Å²) in [6, 6.07) is -1.24. The van der Waals surface area contributed by atoms with Crippen LogP contribution >= 0.6 is 11.8 Å². The molecule has 12 atom stereocenters. The standard InChI is InChI=1S/C66H86N16O19S/c1-34(85)53-65(101)80-23-12-19-50(80)62(98)76-47(31-84)64(100)79-22-11-18-49(79)61(97)74-43(25-37-13-5-4-6-14-37)57(93)73-45(28-52(89)90)59(95)75-46(30-83)60(96)72-44(26-38-29-68-33-70-38)58(94)77-48(55(67)91)32-102-66-40-16-8-7-15-39(40)54(41-27-51(88)81(63(41)99)24-20-69-35(2)86)82(66)21-10-9-17-42(56(92)78-53)71-36(3)87/h4-8,13-16,29,33-34,41-50,53,83-85H,9-12,17-28,30-32H2,1-3H3,(H2,67,91)(H,68,70)(H,69,86)(H,71,87)(H,72,96)(H,73,93)(H,74,97)(H,75,95)(H,76,98)(H,77,94)(H,78,92)(H,89,90)/t34-,41?,42+,43+,44+,45+,46+,47+,48+,49+,50+,53+/m1/s1. The largest absolute Gasteiger partial charge is 0.481 e. The van der Waals surface area contributed by atoms with E-state index in [1.807, 2.05) is 0 Å². The minimum atomic E-state index is -2.02. The quantitative estimate of drug-likeness (QED) is 0.0497. The van der Waals surface area contributed by atoms with Crippen molar-refractivity contribution in [1.82, 2.24) is 77.1 Å². The van der Waals surface area contributed by atoms with E-state index in [1.54, 1.807) is 59.2 Å². The molecule has 0 radical (unpaired) electrons. The molecule has 0 bridgehead atoms. The van der Waals surface area contributed by atoms with E-state index < -0.39 is 181 Å². The molecule has 1 unspecified atom stereocenters. The topological polar surface area (TPSA) is 515 Å². The summed E-state index contributed by atoms with van der Waals surface area (Å²) in [4.78, 5) is 218. The van der Waals surface area contributed by atoms with Crippen molar-refractivity contribution in [2.75, 3.05) is 45.1 Å². The number of hydrogen-bond acceptors (Lipinski definition) is 20. The Kier molecular flexibility index (Phi) is 27.2. The summed E-state index contributed by atoms with van der Waals surface area (Å²) in [6.07, 6.45) is -0.372. The number of aromatic nitrogens is 3. The van der Waals surface area contributed by atoms with Gasteiger partial charge in [-0.2, -0.15) is 0 Å². The Morgan fingerprint density at radius 3 is 1.82 bits per heavy atom. The molecule has 2 aromatic heterocycles. The number of primary amides is 1. The van der Waals surface area contributed by atoms with Gasteiger partial charge in [0.1, 0.15) is 60.4 Å². The van der Waals surface area contributed by atoms with Gasteiger partial charge in [0.25, 0.3) is 0 Å². The molecule has 14 amide bonds. The number of amides is 14. The van der Waals surface area contributed by atoms with E-state index in [9.17, 15) is 92.3 Å². The predicted molar refractivity (Wildman–Crippen MR) is 360 cm³/mol. The SMILES string of the molecule is CC(=O)NCCN1C(=O)CC(c2c3ccccc3c3n2CCCC[C@H](NC(C)=O)C(=O)N[C@@H]([C@@H](C)O)C(=O)N2CCC[C@H]2C(=O)N[C@@H](CO)C(=O)N2CCC[C@H]2C(=O)N[C@@H](Cc2ccccc2)C(=O)N[C@@H](CC(=O)O)C(=O)N[C@@H](CO)C(=O)N[C@@H](Cc2cnc[nH]2)C(=O)N[C@H](C(N)=O)CS3)C1=O. The third-order valence-corrected chi connectivity index (χ3v) is 19.2. The minimum absolute atomic E-state index is 0.0115. The van der Waals surface area contributed by atoms with Crippen LogP contribution in [-0.4, -0.2) is 250 Å². The molecular weight excluding hydrogens is 1350 g/mol. The van der Waals surface area contributed by atoms with Crippen molar-refractivity contribution in [2.24, 2.45) is 5.73 Å². The Morgan fingerprint density at radius 1 is 0.637 bits per heavy atom. The number of aliphatic hydroxyl groups is 3. The van der Waals surface area contributed by atoms with E-state index in [0.717, 1.165) is 33.4 Å². The highest BCUT2D eigenvalue weighted by molar-refractivity contribution is 7.99. The Labute approximate surface area is 588 Å². The summed E-state index contributed by atoms with van der Waals surface area (Å²) in [6.45, 7) is 1.19. The third-order valence-electron chi connectivity index (χ3n) is 18.0. The molecule has 36 heteroatoms. The third kappa shape index (κ3) is 19.6. The molecule has 6 heterocycles. The minimum Gasteiger partial charge on any atom is -0.481 e. The van der Waals surface area contributed by atoms with Gasteiger partial charge in [-0.25, -0.2) is 4.98 Å². The normalized spacial score (nSPS) is 25.7. The highest BCUT2D eigenvalue weighted by Crippen LogP contribution is 2.42. The van der Waals surface area contributed by atoms with Crippen LogP contribution in [0.15, 0.2) is 72.1 Å². The number of H-pyrrole nitrogens is 1. The summed E-state index contributed by atoms with van der Waals surface area (Å²) in [5, 5.41) is 66.3. The fraction of sp³-hybridized carbons (Fsp3) is 0.515. The van der Waals surface area contributed by atoms with Crippen molar-refractivity contribution in [1.29, 1.82) is 0 Å². The van der Waals surface area contributed by atoms with Crippen molar-refractivity contribution in [2.45, 2.75) is 175 Å². The van der Waals surface area contributed by atoms with E-state index in [-0.39, 0.29) is 108 Å². The number of carbonyl (C=O) groups excluding carboxylic acids is 14. The lowest BCUT2D eigenvalue weighted by molar-refractivity contribution is -0.146. The zero-order valence-electron chi connectivity index (χ0n) is 56.3. The number of carboxylic acids is 1. The van der Waals surface area contributed by atoms with Crippen LogP contribution in [0.2, 0.25) is 0 Å². The lowest BCUT2D eigenvalue weighted by Gasteiger charge is -2.32. The van der Waals surface area contributed by atoms with Gasteiger partial charge in [0, 0.05) is 99.9 Å². The second kappa shape index (κ2) is 35.8. The number of hydrogen-bond donors (Lipinski definition) is 15. The number of fused-ring (bicyclic) bond motifs is 5. The lowest BCUT2D eigenvalue weighted by atomic mass is 9.99. The molecule has 3 saturated heterocycles. The molecular formula is C66H86N16O19S. The van der Waals surface area contributed by atoms with Crippen molar-refractivity contribution >= 4 is 111 Å². The smallest absolute Gasteiger partial charge is 0.305 e. The first-order chi connectivity index (χ1) is 48.7. The number of imidazole rings is 1. The Balaban J connectivity index is 1.16. The van der Waals surface area contributed by atoms with Gasteiger partial charge < -0.3 is 93.4 Å². The van der Waals surface area contributed by atoms with E-state index in [2.05, 4.69) is 57.8 Å².